The molecule has 0 bridgehead atoms. The molecule has 0 saturated carbocycles. The number of anilines is 1. The molecule has 1 aromatic rings. The molecule has 0 amide bonds. The lowest BCUT2D eigenvalue weighted by atomic mass is 10.2. The van der Waals surface area contributed by atoms with Crippen LogP contribution in [0.25, 0.3) is 0 Å². The largest absolute Gasteiger partial charge is 0.497 e. The Bertz CT molecular complexity index is 331. The molecule has 3 nitrogen and oxygen atoms in total. The molecule has 0 aromatic heterocycles. The molecule has 1 rings (SSSR count). The Labute approximate surface area is 102 Å². The summed E-state index contributed by atoms with van der Waals surface area (Å²) in [7, 11) is 1.64. The zero-order valence-corrected chi connectivity index (χ0v) is 10.7. The van der Waals surface area contributed by atoms with Gasteiger partial charge in [0.2, 0.25) is 0 Å². The lowest BCUT2D eigenvalue weighted by Gasteiger charge is -2.16. The normalized spacial score (nSPS) is 12.2. The van der Waals surface area contributed by atoms with Crippen LogP contribution in [0.15, 0.2) is 18.2 Å². The van der Waals surface area contributed by atoms with Crippen molar-refractivity contribution in [3.8, 4) is 5.75 Å². The average molecular weight is 244 g/mol. The SMILES string of the molecule is CCOCC(C)Nc1cc(OC)ccc1Cl. The van der Waals surface area contributed by atoms with Gasteiger partial charge in [0.1, 0.15) is 5.75 Å². The molecule has 0 aliphatic rings. The van der Waals surface area contributed by atoms with Gasteiger partial charge in [-0.1, -0.05) is 11.6 Å². The number of hydrogen-bond donors (Lipinski definition) is 1. The highest BCUT2D eigenvalue weighted by Gasteiger charge is 2.06. The maximum absolute atomic E-state index is 6.07. The van der Waals surface area contributed by atoms with E-state index < -0.39 is 0 Å². The van der Waals surface area contributed by atoms with Gasteiger partial charge in [0, 0.05) is 18.7 Å². The summed E-state index contributed by atoms with van der Waals surface area (Å²) >= 11 is 6.07. The molecule has 16 heavy (non-hydrogen) atoms. The van der Waals surface area contributed by atoms with Gasteiger partial charge in [-0.2, -0.15) is 0 Å². The maximum atomic E-state index is 6.07. The van der Waals surface area contributed by atoms with Crippen molar-refractivity contribution >= 4 is 17.3 Å². The van der Waals surface area contributed by atoms with Crippen LogP contribution >= 0.6 is 11.6 Å². The number of methoxy groups -OCH3 is 1. The molecule has 0 spiro atoms. The fourth-order valence-electron chi connectivity index (χ4n) is 1.34. The van der Waals surface area contributed by atoms with Crippen molar-refractivity contribution in [3.05, 3.63) is 23.2 Å². The van der Waals surface area contributed by atoms with Gasteiger partial charge in [-0.15, -0.1) is 0 Å². The molecule has 0 saturated heterocycles. The van der Waals surface area contributed by atoms with Crippen LogP contribution in [0.2, 0.25) is 5.02 Å². The van der Waals surface area contributed by atoms with Gasteiger partial charge in [0.15, 0.2) is 0 Å². The Morgan fingerprint density at radius 1 is 1.44 bits per heavy atom. The first-order valence-electron chi connectivity index (χ1n) is 5.35. The predicted molar refractivity (Wildman–Crippen MR) is 67.6 cm³/mol. The lowest BCUT2D eigenvalue weighted by Crippen LogP contribution is -2.21. The number of benzene rings is 1. The molecular weight excluding hydrogens is 226 g/mol. The molecule has 0 heterocycles. The molecule has 4 heteroatoms. The first kappa shape index (κ1) is 13.1. The summed E-state index contributed by atoms with van der Waals surface area (Å²) in [6, 6.07) is 5.74. The van der Waals surface area contributed by atoms with Crippen molar-refractivity contribution in [3.63, 3.8) is 0 Å². The molecule has 1 aromatic carbocycles. The highest BCUT2D eigenvalue weighted by atomic mass is 35.5. The Morgan fingerprint density at radius 3 is 2.81 bits per heavy atom. The van der Waals surface area contributed by atoms with Crippen LogP contribution in [0.5, 0.6) is 5.75 Å². The third-order valence-electron chi connectivity index (χ3n) is 2.15. The third kappa shape index (κ3) is 3.91. The molecule has 1 unspecified atom stereocenters. The quantitative estimate of drug-likeness (QED) is 0.833. The second-order valence-corrected chi connectivity index (χ2v) is 3.96. The van der Waals surface area contributed by atoms with Crippen molar-refractivity contribution in [1.29, 1.82) is 0 Å². The number of ether oxygens (including phenoxy) is 2. The summed E-state index contributed by atoms with van der Waals surface area (Å²) in [6.45, 7) is 5.40. The van der Waals surface area contributed by atoms with E-state index in [0.29, 0.717) is 11.6 Å². The third-order valence-corrected chi connectivity index (χ3v) is 2.48. The topological polar surface area (TPSA) is 30.5 Å². The first-order chi connectivity index (χ1) is 7.67. The summed E-state index contributed by atoms with van der Waals surface area (Å²) in [6.07, 6.45) is 0. The lowest BCUT2D eigenvalue weighted by molar-refractivity contribution is 0.141. The minimum atomic E-state index is 0.213. The van der Waals surface area contributed by atoms with E-state index >= 15 is 0 Å². The van der Waals surface area contributed by atoms with Gasteiger partial charge in [0.25, 0.3) is 0 Å². The van der Waals surface area contributed by atoms with Crippen LogP contribution in [0.3, 0.4) is 0 Å². The molecular formula is C12H18ClNO2. The van der Waals surface area contributed by atoms with Gasteiger partial charge in [-0.25, -0.2) is 0 Å². The van der Waals surface area contributed by atoms with Crippen molar-refractivity contribution in [2.45, 2.75) is 19.9 Å². The van der Waals surface area contributed by atoms with Gasteiger partial charge >= 0.3 is 0 Å². The van der Waals surface area contributed by atoms with Gasteiger partial charge in [-0.05, 0) is 26.0 Å². The van der Waals surface area contributed by atoms with Crippen LogP contribution in [-0.2, 0) is 4.74 Å². The Hall–Kier alpha value is -0.930. The van der Waals surface area contributed by atoms with Crippen LogP contribution in [-0.4, -0.2) is 26.4 Å². The summed E-state index contributed by atoms with van der Waals surface area (Å²) in [4.78, 5) is 0. The Kier molecular flexibility index (Phi) is 5.43. The smallest absolute Gasteiger partial charge is 0.121 e. The minimum Gasteiger partial charge on any atom is -0.497 e. The van der Waals surface area contributed by atoms with Crippen molar-refractivity contribution in [2.75, 3.05) is 25.6 Å². The average Bonchev–Trinajstić information content (AvgIpc) is 2.29. The van der Waals surface area contributed by atoms with E-state index in [9.17, 15) is 0 Å². The van der Waals surface area contributed by atoms with E-state index in [-0.39, 0.29) is 6.04 Å². The predicted octanol–water partition coefficient (Wildman–Crippen LogP) is 3.19. The monoisotopic (exact) mass is 243 g/mol. The molecule has 90 valence electrons. The Balaban J connectivity index is 2.64. The van der Waals surface area contributed by atoms with Gasteiger partial charge in [-0.3, -0.25) is 0 Å². The van der Waals surface area contributed by atoms with Crippen molar-refractivity contribution in [1.82, 2.24) is 0 Å². The Morgan fingerprint density at radius 2 is 2.19 bits per heavy atom. The molecule has 0 radical (unpaired) electrons. The van der Waals surface area contributed by atoms with Gasteiger partial charge < -0.3 is 14.8 Å². The maximum Gasteiger partial charge on any atom is 0.121 e. The van der Waals surface area contributed by atoms with Crippen LogP contribution < -0.4 is 10.1 Å². The first-order valence-corrected chi connectivity index (χ1v) is 5.73. The standard InChI is InChI=1S/C12H18ClNO2/c1-4-16-8-9(2)14-12-7-10(15-3)5-6-11(12)13/h5-7,9,14H,4,8H2,1-3H3. The zero-order chi connectivity index (χ0) is 12.0. The zero-order valence-electron chi connectivity index (χ0n) is 9.92. The molecule has 0 fully saturated rings. The second-order valence-electron chi connectivity index (χ2n) is 3.55. The molecule has 0 aliphatic carbocycles. The van der Waals surface area contributed by atoms with E-state index in [2.05, 4.69) is 5.32 Å². The number of nitrogens with one attached hydrogen (secondary N) is 1. The van der Waals surface area contributed by atoms with Crippen LogP contribution in [0, 0.1) is 0 Å². The summed E-state index contributed by atoms with van der Waals surface area (Å²) in [5.41, 5.74) is 0.869. The summed E-state index contributed by atoms with van der Waals surface area (Å²) < 4.78 is 10.5. The van der Waals surface area contributed by atoms with Crippen molar-refractivity contribution in [2.24, 2.45) is 0 Å². The number of hydrogen-bond acceptors (Lipinski definition) is 3. The minimum absolute atomic E-state index is 0.213. The van der Waals surface area contributed by atoms with E-state index in [1.54, 1.807) is 7.11 Å². The highest BCUT2D eigenvalue weighted by molar-refractivity contribution is 6.33. The van der Waals surface area contributed by atoms with Crippen LogP contribution in [0.4, 0.5) is 5.69 Å². The fourth-order valence-corrected chi connectivity index (χ4v) is 1.52. The summed E-state index contributed by atoms with van der Waals surface area (Å²) in [5, 5.41) is 3.97. The van der Waals surface area contributed by atoms with Gasteiger partial charge in [0.05, 0.1) is 24.4 Å². The second kappa shape index (κ2) is 6.61. The molecule has 1 N–H and O–H groups in total. The van der Waals surface area contributed by atoms with E-state index in [1.165, 1.54) is 0 Å². The van der Waals surface area contributed by atoms with E-state index in [4.69, 9.17) is 21.1 Å². The fraction of sp³-hybridized carbons (Fsp3) is 0.500. The van der Waals surface area contributed by atoms with Crippen LogP contribution in [0.1, 0.15) is 13.8 Å². The molecule has 1 atom stereocenters. The number of rotatable bonds is 6. The number of halogens is 1. The van der Waals surface area contributed by atoms with Crippen molar-refractivity contribution < 1.29 is 9.47 Å². The van der Waals surface area contributed by atoms with E-state index in [0.717, 1.165) is 18.0 Å². The van der Waals surface area contributed by atoms with E-state index in [1.807, 2.05) is 32.0 Å². The highest BCUT2D eigenvalue weighted by Crippen LogP contribution is 2.27. The summed E-state index contributed by atoms with van der Waals surface area (Å²) in [5.74, 6) is 0.788. The molecule has 0 aliphatic heterocycles.